The first-order chi connectivity index (χ1) is 11.5. The number of benzene rings is 1. The fourth-order valence-corrected chi connectivity index (χ4v) is 2.74. The minimum atomic E-state index is -0.575. The maximum atomic E-state index is 11.4. The third-order valence-electron chi connectivity index (χ3n) is 4.11. The van der Waals surface area contributed by atoms with Crippen molar-refractivity contribution < 1.29 is 28.3 Å². The monoisotopic (exact) mass is 334 g/mol. The van der Waals surface area contributed by atoms with Gasteiger partial charge in [-0.05, 0) is 26.8 Å². The third kappa shape index (κ3) is 3.98. The quantitative estimate of drug-likeness (QED) is 0.599. The molecule has 2 aliphatic rings. The van der Waals surface area contributed by atoms with Gasteiger partial charge in [-0.3, -0.25) is 4.79 Å². The average molecular weight is 334 g/mol. The molecule has 2 saturated heterocycles. The molecule has 0 amide bonds. The summed E-state index contributed by atoms with van der Waals surface area (Å²) in [5.74, 6) is 0.194. The highest BCUT2D eigenvalue weighted by molar-refractivity contribution is 6.64. The molecule has 6 nitrogen and oxygen atoms in total. The van der Waals surface area contributed by atoms with Gasteiger partial charge in [0.05, 0.1) is 32.5 Å². The van der Waals surface area contributed by atoms with E-state index in [1.54, 1.807) is 12.1 Å². The van der Waals surface area contributed by atoms with Crippen LogP contribution in [0.3, 0.4) is 0 Å². The van der Waals surface area contributed by atoms with Gasteiger partial charge < -0.3 is 23.5 Å². The number of carbonyl (C=O) groups excluding carboxylic acids is 1. The lowest BCUT2D eigenvalue weighted by Crippen LogP contribution is -2.42. The summed E-state index contributed by atoms with van der Waals surface area (Å²) in [5, 5.41) is 0. The standard InChI is InChI=1S/C17H23BO6/c1-12-8-23-18(24-12)16-14(7-19)5-4-6-15(16)20-9-13-10-21-17(2,3)22-11-13/h4-7,12-13H,8-11H2,1-3H3. The number of carbonyl (C=O) groups is 1. The molecule has 3 rings (SSSR count). The summed E-state index contributed by atoms with van der Waals surface area (Å²) in [4.78, 5) is 11.4. The minimum absolute atomic E-state index is 0.00932. The van der Waals surface area contributed by atoms with Crippen LogP contribution in [-0.2, 0) is 18.8 Å². The lowest BCUT2D eigenvalue weighted by Gasteiger charge is -2.34. The van der Waals surface area contributed by atoms with Gasteiger partial charge in [-0.25, -0.2) is 0 Å². The van der Waals surface area contributed by atoms with E-state index in [1.165, 1.54) is 0 Å². The Hall–Kier alpha value is -1.41. The molecule has 0 saturated carbocycles. The molecule has 0 aromatic heterocycles. The van der Waals surface area contributed by atoms with Gasteiger partial charge >= 0.3 is 7.12 Å². The number of hydrogen-bond donors (Lipinski definition) is 0. The Morgan fingerprint density at radius 2 is 2.04 bits per heavy atom. The lowest BCUT2D eigenvalue weighted by atomic mass is 9.75. The van der Waals surface area contributed by atoms with Crippen LogP contribution in [0.25, 0.3) is 0 Å². The zero-order valence-corrected chi connectivity index (χ0v) is 14.3. The summed E-state index contributed by atoms with van der Waals surface area (Å²) in [6.07, 6.45) is 0.790. The molecule has 2 heterocycles. The van der Waals surface area contributed by atoms with Crippen LogP contribution in [0.1, 0.15) is 31.1 Å². The molecule has 0 spiro atoms. The van der Waals surface area contributed by atoms with E-state index in [2.05, 4.69) is 0 Å². The number of hydrogen-bond acceptors (Lipinski definition) is 6. The highest BCUT2D eigenvalue weighted by Gasteiger charge is 2.36. The Labute approximate surface area is 142 Å². The maximum absolute atomic E-state index is 11.4. The fourth-order valence-electron chi connectivity index (χ4n) is 2.74. The molecular formula is C17H23BO6. The largest absolute Gasteiger partial charge is 0.498 e. The van der Waals surface area contributed by atoms with Crippen molar-refractivity contribution >= 4 is 18.9 Å². The van der Waals surface area contributed by atoms with E-state index in [0.717, 1.165) is 6.29 Å². The highest BCUT2D eigenvalue weighted by Crippen LogP contribution is 2.22. The van der Waals surface area contributed by atoms with Gasteiger partial charge in [0.25, 0.3) is 0 Å². The second-order valence-corrected chi connectivity index (χ2v) is 6.69. The first-order valence-electron chi connectivity index (χ1n) is 8.24. The van der Waals surface area contributed by atoms with Crippen LogP contribution in [-0.4, -0.2) is 51.7 Å². The molecule has 2 fully saturated rings. The molecule has 1 unspecified atom stereocenters. The zero-order valence-electron chi connectivity index (χ0n) is 14.3. The predicted molar refractivity (Wildman–Crippen MR) is 88.7 cm³/mol. The van der Waals surface area contributed by atoms with E-state index in [4.69, 9.17) is 23.5 Å². The van der Waals surface area contributed by atoms with E-state index in [1.807, 2.05) is 26.8 Å². The SMILES string of the molecule is CC1COB(c2c(C=O)cccc2OCC2COC(C)(C)OC2)O1. The Morgan fingerprint density at radius 1 is 1.29 bits per heavy atom. The normalized spacial score (nSPS) is 24.1. The van der Waals surface area contributed by atoms with Crippen molar-refractivity contribution in [3.63, 3.8) is 0 Å². The second-order valence-electron chi connectivity index (χ2n) is 6.69. The van der Waals surface area contributed by atoms with Crippen LogP contribution < -0.4 is 10.2 Å². The summed E-state index contributed by atoms with van der Waals surface area (Å²) in [5.41, 5.74) is 1.17. The minimum Gasteiger partial charge on any atom is -0.493 e. The summed E-state index contributed by atoms with van der Waals surface area (Å²) in [7, 11) is -0.575. The van der Waals surface area contributed by atoms with Crippen molar-refractivity contribution in [3.05, 3.63) is 23.8 Å². The van der Waals surface area contributed by atoms with Crippen LogP contribution in [0, 0.1) is 5.92 Å². The van der Waals surface area contributed by atoms with Crippen LogP contribution in [0.15, 0.2) is 18.2 Å². The average Bonchev–Trinajstić information content (AvgIpc) is 2.99. The van der Waals surface area contributed by atoms with Crippen molar-refractivity contribution in [1.82, 2.24) is 0 Å². The van der Waals surface area contributed by atoms with E-state index >= 15 is 0 Å². The van der Waals surface area contributed by atoms with Crippen molar-refractivity contribution in [2.75, 3.05) is 26.4 Å². The Kier molecular flexibility index (Phi) is 5.25. The lowest BCUT2D eigenvalue weighted by molar-refractivity contribution is -0.264. The smallest absolute Gasteiger partial charge is 0.493 e. The van der Waals surface area contributed by atoms with Gasteiger partial charge in [-0.2, -0.15) is 0 Å². The summed E-state index contributed by atoms with van der Waals surface area (Å²) in [6, 6.07) is 5.35. The third-order valence-corrected chi connectivity index (χ3v) is 4.11. The maximum Gasteiger partial charge on any atom is 0.498 e. The summed E-state index contributed by atoms with van der Waals surface area (Å²) in [6.45, 7) is 7.80. The predicted octanol–water partition coefficient (Wildman–Crippen LogP) is 1.41. The molecule has 1 atom stereocenters. The molecule has 130 valence electrons. The molecule has 7 heteroatoms. The molecule has 1 aromatic carbocycles. The van der Waals surface area contributed by atoms with Gasteiger partial charge in [0, 0.05) is 16.9 Å². The van der Waals surface area contributed by atoms with E-state index in [9.17, 15) is 4.79 Å². The van der Waals surface area contributed by atoms with Crippen LogP contribution in [0.2, 0.25) is 0 Å². The molecule has 1 aromatic rings. The Balaban J connectivity index is 1.70. The van der Waals surface area contributed by atoms with Crippen LogP contribution >= 0.6 is 0 Å². The van der Waals surface area contributed by atoms with E-state index in [-0.39, 0.29) is 12.0 Å². The molecule has 0 aliphatic carbocycles. The zero-order chi connectivity index (χ0) is 17.2. The van der Waals surface area contributed by atoms with Crippen molar-refractivity contribution in [1.29, 1.82) is 0 Å². The van der Waals surface area contributed by atoms with E-state index < -0.39 is 12.9 Å². The number of aldehydes is 1. The van der Waals surface area contributed by atoms with Gasteiger partial charge in [0.1, 0.15) is 12.0 Å². The first kappa shape index (κ1) is 17.4. The topological polar surface area (TPSA) is 63.2 Å². The van der Waals surface area contributed by atoms with Gasteiger partial charge in [0.15, 0.2) is 5.79 Å². The first-order valence-corrected chi connectivity index (χ1v) is 8.24. The Morgan fingerprint density at radius 3 is 2.67 bits per heavy atom. The second kappa shape index (κ2) is 7.23. The summed E-state index contributed by atoms with van der Waals surface area (Å²) < 4.78 is 28.6. The number of ether oxygens (including phenoxy) is 3. The van der Waals surface area contributed by atoms with Gasteiger partial charge in [-0.15, -0.1) is 0 Å². The molecule has 2 aliphatic heterocycles. The van der Waals surface area contributed by atoms with Gasteiger partial charge in [-0.1, -0.05) is 12.1 Å². The van der Waals surface area contributed by atoms with Gasteiger partial charge in [0.2, 0.25) is 0 Å². The Bertz CT molecular complexity index is 580. The highest BCUT2D eigenvalue weighted by atomic mass is 16.7. The van der Waals surface area contributed by atoms with Crippen LogP contribution in [0.5, 0.6) is 5.75 Å². The summed E-state index contributed by atoms with van der Waals surface area (Å²) >= 11 is 0. The van der Waals surface area contributed by atoms with Crippen molar-refractivity contribution in [2.45, 2.75) is 32.7 Å². The van der Waals surface area contributed by atoms with Crippen molar-refractivity contribution in [2.24, 2.45) is 5.92 Å². The van der Waals surface area contributed by atoms with Crippen molar-refractivity contribution in [3.8, 4) is 5.75 Å². The molecule has 24 heavy (non-hydrogen) atoms. The van der Waals surface area contributed by atoms with E-state index in [0.29, 0.717) is 43.2 Å². The molecule has 0 radical (unpaired) electrons. The fraction of sp³-hybridized carbons (Fsp3) is 0.588. The molecule has 0 bridgehead atoms. The molecular weight excluding hydrogens is 311 g/mol. The number of rotatable bonds is 5. The van der Waals surface area contributed by atoms with Crippen LogP contribution in [0.4, 0.5) is 0 Å². The molecule has 0 N–H and O–H groups in total.